The van der Waals surface area contributed by atoms with Crippen molar-refractivity contribution in [2.24, 2.45) is 11.7 Å². The Morgan fingerprint density at radius 3 is 2.07 bits per heavy atom. The number of primary amides is 1. The number of Topliss-reactive ketones (excluding diaryl/α,β-unsaturated/α-hetero) is 3. The largest absolute Gasteiger partial charge is 0.370 e. The van der Waals surface area contributed by atoms with E-state index in [9.17, 15) is 37.7 Å². The van der Waals surface area contributed by atoms with Gasteiger partial charge in [-0.3, -0.25) is 29.3 Å². The molecule has 2 N–H and O–H groups in total. The van der Waals surface area contributed by atoms with Gasteiger partial charge in [0.1, 0.15) is 5.92 Å². The Morgan fingerprint density at radius 2 is 1.67 bits per heavy atom. The lowest BCUT2D eigenvalue weighted by Gasteiger charge is -2.18. The molecule has 0 aromatic heterocycles. The summed E-state index contributed by atoms with van der Waals surface area (Å²) in [5.74, 6) is -3.95. The number of nitrogens with two attached hydrogens (primary N) is 1. The molecule has 0 aliphatic heterocycles. The third-order valence-electron chi connectivity index (χ3n) is 3.61. The van der Waals surface area contributed by atoms with Gasteiger partial charge in [0.2, 0.25) is 5.91 Å². The van der Waals surface area contributed by atoms with Crippen LogP contribution in [0.1, 0.15) is 36.5 Å². The van der Waals surface area contributed by atoms with E-state index in [1.54, 1.807) is 0 Å². The average Bonchev–Trinajstić information content (AvgIpc) is 2.52. The molecule has 1 aromatic carbocycles. The maximum Gasteiger partial charge on any atom is 0.281 e. The van der Waals surface area contributed by atoms with Crippen LogP contribution < -0.4 is 5.73 Å². The monoisotopic (exact) mass is 398 g/mol. The quantitative estimate of drug-likeness (QED) is 0.332. The van der Waals surface area contributed by atoms with Crippen LogP contribution in [-0.4, -0.2) is 42.9 Å². The molecule has 1 aliphatic rings. The van der Waals surface area contributed by atoms with Crippen molar-refractivity contribution in [3.63, 3.8) is 0 Å². The zero-order valence-corrected chi connectivity index (χ0v) is 15.4. The molecule has 0 bridgehead atoms. The number of ketones is 3. The molecule has 1 amide bonds. The maximum absolute atomic E-state index is 12.4. The van der Waals surface area contributed by atoms with E-state index >= 15 is 0 Å². The first kappa shape index (κ1) is 22.1. The molecule has 0 radical (unpaired) electrons. The van der Waals surface area contributed by atoms with E-state index in [-0.39, 0.29) is 23.6 Å². The van der Waals surface area contributed by atoms with E-state index in [2.05, 4.69) is 5.73 Å². The lowest BCUT2D eigenvalue weighted by atomic mass is 9.81. The molecule has 0 saturated heterocycles. The fourth-order valence-electron chi connectivity index (χ4n) is 2.45. The van der Waals surface area contributed by atoms with Gasteiger partial charge < -0.3 is 5.73 Å². The van der Waals surface area contributed by atoms with Crippen LogP contribution in [0.3, 0.4) is 0 Å². The second kappa shape index (κ2) is 8.62. The van der Waals surface area contributed by atoms with Gasteiger partial charge in [-0.1, -0.05) is 0 Å². The molecule has 2 rings (SSSR count). The number of nitro groups is 1. The van der Waals surface area contributed by atoms with Crippen molar-refractivity contribution >= 4 is 38.8 Å². The van der Waals surface area contributed by atoms with Crippen molar-refractivity contribution in [1.82, 2.24) is 0 Å². The van der Waals surface area contributed by atoms with Gasteiger partial charge in [-0.05, 0) is 18.6 Å². The third-order valence-corrected chi connectivity index (χ3v) is 4.72. The van der Waals surface area contributed by atoms with E-state index in [0.29, 0.717) is 6.42 Å². The predicted octanol–water partition coefficient (Wildman–Crippen LogP) is 0.611. The molecule has 11 heteroatoms. The van der Waals surface area contributed by atoms with Gasteiger partial charge >= 0.3 is 0 Å². The molecule has 10 nitrogen and oxygen atoms in total. The van der Waals surface area contributed by atoms with Gasteiger partial charge in [0.15, 0.2) is 27.2 Å². The van der Waals surface area contributed by atoms with Crippen molar-refractivity contribution in [2.45, 2.75) is 31.1 Å². The number of sulfone groups is 1. The zero-order chi connectivity index (χ0) is 20.9. The molecule has 1 saturated carbocycles. The van der Waals surface area contributed by atoms with Gasteiger partial charge in [-0.2, -0.15) is 0 Å². The summed E-state index contributed by atoms with van der Waals surface area (Å²) in [6.45, 7) is 1.31. The van der Waals surface area contributed by atoms with Crippen LogP contribution in [-0.2, 0) is 24.2 Å². The van der Waals surface area contributed by atoms with Crippen LogP contribution in [0, 0.1) is 16.0 Å². The minimum absolute atomic E-state index is 0.0668. The Bertz CT molecular complexity index is 900. The topological polar surface area (TPSA) is 172 Å². The van der Waals surface area contributed by atoms with Crippen molar-refractivity contribution < 1.29 is 32.5 Å². The van der Waals surface area contributed by atoms with Gasteiger partial charge in [-0.25, -0.2) is 8.42 Å². The average molecular weight is 398 g/mol. The van der Waals surface area contributed by atoms with Gasteiger partial charge in [-0.15, -0.1) is 0 Å². The number of rotatable bonds is 4. The van der Waals surface area contributed by atoms with E-state index in [1.165, 1.54) is 6.92 Å². The summed E-state index contributed by atoms with van der Waals surface area (Å²) in [5.41, 5.74) is 3.31. The fraction of sp³-hybridized carbons (Fsp3) is 0.375. The molecule has 27 heavy (non-hydrogen) atoms. The highest BCUT2D eigenvalue weighted by Crippen LogP contribution is 2.28. The van der Waals surface area contributed by atoms with E-state index < -0.39 is 49.3 Å². The van der Waals surface area contributed by atoms with Crippen molar-refractivity contribution in [2.75, 3.05) is 6.26 Å². The zero-order valence-electron chi connectivity index (χ0n) is 14.6. The molecule has 1 aromatic rings. The molecule has 146 valence electrons. The molecule has 1 aliphatic carbocycles. The Kier molecular flexibility index (Phi) is 7.06. The summed E-state index contributed by atoms with van der Waals surface area (Å²) in [6.07, 6.45) is 1.37. The number of carbonyl (C=O) groups is 4. The third kappa shape index (κ3) is 5.78. The standard InChI is InChI=1S/C14H13NO7S.C2H5NO/c1-23(21,22)8-5-6-9(10(7-8)15(19)20)14(18)13-11(16)3-2-4-12(13)17;1-2(3)4/h5-7,13H,2-4H2,1H3;1H3,(H2,3,4). The smallest absolute Gasteiger partial charge is 0.281 e. The first-order valence-electron chi connectivity index (χ1n) is 7.70. The summed E-state index contributed by atoms with van der Waals surface area (Å²) >= 11 is 0. The summed E-state index contributed by atoms with van der Waals surface area (Å²) in [5, 5.41) is 11.1. The van der Waals surface area contributed by atoms with Crippen LogP contribution in [0.2, 0.25) is 0 Å². The molecular weight excluding hydrogens is 380 g/mol. The molecule has 1 fully saturated rings. The molecule has 0 atom stereocenters. The van der Waals surface area contributed by atoms with E-state index in [4.69, 9.17) is 0 Å². The van der Waals surface area contributed by atoms with E-state index in [0.717, 1.165) is 24.5 Å². The Morgan fingerprint density at radius 1 is 1.19 bits per heavy atom. The SMILES string of the molecule is CC(N)=O.CS(=O)(=O)c1ccc(C(=O)C2C(=O)CCCC2=O)c([N+](=O)[O-])c1. The lowest BCUT2D eigenvalue weighted by Crippen LogP contribution is -2.35. The van der Waals surface area contributed by atoms with Gasteiger partial charge in [0.05, 0.1) is 15.4 Å². The van der Waals surface area contributed by atoms with Crippen molar-refractivity contribution in [3.05, 3.63) is 33.9 Å². The van der Waals surface area contributed by atoms with Crippen LogP contribution in [0.15, 0.2) is 23.1 Å². The number of carbonyl (C=O) groups excluding carboxylic acids is 4. The summed E-state index contributed by atoms with van der Waals surface area (Å²) in [4.78, 5) is 55.2. The van der Waals surface area contributed by atoms with Crippen molar-refractivity contribution in [3.8, 4) is 0 Å². The Labute approximate surface area is 154 Å². The second-order valence-corrected chi connectivity index (χ2v) is 7.92. The Hall–Kier alpha value is -2.95. The summed E-state index contributed by atoms with van der Waals surface area (Å²) < 4.78 is 23.0. The summed E-state index contributed by atoms with van der Waals surface area (Å²) in [7, 11) is -3.70. The first-order chi connectivity index (χ1) is 12.4. The highest BCUT2D eigenvalue weighted by atomic mass is 32.2. The van der Waals surface area contributed by atoms with Crippen LogP contribution in [0.5, 0.6) is 0 Å². The second-order valence-electron chi connectivity index (χ2n) is 5.90. The minimum atomic E-state index is -3.70. The molecule has 0 unspecified atom stereocenters. The Balaban J connectivity index is 0.000000828. The predicted molar refractivity (Wildman–Crippen MR) is 92.8 cm³/mol. The van der Waals surface area contributed by atoms with Crippen molar-refractivity contribution in [1.29, 1.82) is 0 Å². The highest BCUT2D eigenvalue weighted by Gasteiger charge is 2.39. The molecular formula is C16H18N2O8S. The lowest BCUT2D eigenvalue weighted by molar-refractivity contribution is -0.385. The molecule has 0 heterocycles. The van der Waals surface area contributed by atoms with Crippen LogP contribution >= 0.6 is 0 Å². The maximum atomic E-state index is 12.4. The van der Waals surface area contributed by atoms with Gasteiger partial charge in [0.25, 0.3) is 5.69 Å². The minimum Gasteiger partial charge on any atom is -0.370 e. The number of benzene rings is 1. The fourth-order valence-corrected chi connectivity index (χ4v) is 3.10. The van der Waals surface area contributed by atoms with Gasteiger partial charge in [0, 0.05) is 32.1 Å². The van der Waals surface area contributed by atoms with Crippen LogP contribution in [0.25, 0.3) is 0 Å². The highest BCUT2D eigenvalue weighted by molar-refractivity contribution is 7.90. The number of hydrogen-bond donors (Lipinski definition) is 1. The normalized spacial score (nSPS) is 14.9. The number of nitro benzene ring substituents is 1. The number of hydrogen-bond acceptors (Lipinski definition) is 8. The van der Waals surface area contributed by atoms with E-state index in [1.807, 2.05) is 0 Å². The van der Waals surface area contributed by atoms with Crippen LogP contribution in [0.4, 0.5) is 5.69 Å². The number of nitrogens with zero attached hydrogens (tertiary/aromatic N) is 1. The molecule has 0 spiro atoms. The first-order valence-corrected chi connectivity index (χ1v) is 9.59. The number of amides is 1. The summed E-state index contributed by atoms with van der Waals surface area (Å²) in [6, 6.07) is 2.79.